The van der Waals surface area contributed by atoms with Gasteiger partial charge in [-0.2, -0.15) is 0 Å². The summed E-state index contributed by atoms with van der Waals surface area (Å²) in [6, 6.07) is 4.28. The van der Waals surface area contributed by atoms with Crippen molar-refractivity contribution in [2.75, 3.05) is 49.5 Å². The number of aromatic nitrogens is 1. The van der Waals surface area contributed by atoms with Crippen LogP contribution in [-0.2, 0) is 14.3 Å². The highest BCUT2D eigenvalue weighted by molar-refractivity contribution is 5.78. The number of piperidine rings is 1. The van der Waals surface area contributed by atoms with Gasteiger partial charge in [0.25, 0.3) is 0 Å². The number of esters is 1. The van der Waals surface area contributed by atoms with E-state index in [9.17, 15) is 9.59 Å². The largest absolute Gasteiger partial charge is 0.466 e. The van der Waals surface area contributed by atoms with Gasteiger partial charge in [-0.1, -0.05) is 33.1 Å². The smallest absolute Gasteiger partial charge is 0.410 e. The van der Waals surface area contributed by atoms with Crippen LogP contribution in [0.5, 0.6) is 0 Å². The average Bonchev–Trinajstić information content (AvgIpc) is 3.44. The minimum Gasteiger partial charge on any atom is -0.466 e. The second-order valence-electron chi connectivity index (χ2n) is 14.2. The summed E-state index contributed by atoms with van der Waals surface area (Å²) in [5, 5.41) is 3.55. The zero-order valence-electron chi connectivity index (χ0n) is 27.3. The van der Waals surface area contributed by atoms with E-state index in [0.717, 1.165) is 54.0 Å². The van der Waals surface area contributed by atoms with E-state index in [2.05, 4.69) is 43.1 Å². The highest BCUT2D eigenvalue weighted by atomic mass is 16.6. The number of pyridine rings is 1. The zero-order valence-corrected chi connectivity index (χ0v) is 27.3. The number of nitrogens with zero attached hydrogens (tertiary/aromatic N) is 3. The number of rotatable bonds is 9. The summed E-state index contributed by atoms with van der Waals surface area (Å²) in [5.74, 6) is 4.15. The Balaban J connectivity index is 1.32. The molecule has 236 valence electrons. The van der Waals surface area contributed by atoms with Crippen LogP contribution in [0, 0.1) is 36.0 Å². The van der Waals surface area contributed by atoms with Crippen LogP contribution >= 0.6 is 0 Å². The Hall–Kier alpha value is -2.51. The lowest BCUT2D eigenvalue weighted by atomic mass is 9.69. The lowest BCUT2D eigenvalue weighted by Gasteiger charge is -2.40. The number of nitrogens with one attached hydrogen (secondary N) is 1. The summed E-state index contributed by atoms with van der Waals surface area (Å²) in [6.45, 7) is 18.6. The molecule has 4 atom stereocenters. The van der Waals surface area contributed by atoms with Gasteiger partial charge >= 0.3 is 12.1 Å². The predicted octanol–water partition coefficient (Wildman–Crippen LogP) is 7.06. The van der Waals surface area contributed by atoms with Crippen LogP contribution in [-0.4, -0.2) is 66.9 Å². The Morgan fingerprint density at radius 2 is 1.83 bits per heavy atom. The van der Waals surface area contributed by atoms with Gasteiger partial charge in [0.1, 0.15) is 11.4 Å². The van der Waals surface area contributed by atoms with Crippen LogP contribution in [0.2, 0.25) is 0 Å². The molecule has 1 saturated carbocycles. The number of likely N-dealkylation sites (tertiary alicyclic amines) is 1. The molecule has 1 N–H and O–H groups in total. The number of anilines is 2. The quantitative estimate of drug-likeness (QED) is 0.311. The maximum Gasteiger partial charge on any atom is 0.410 e. The molecule has 2 aliphatic heterocycles. The molecule has 1 aliphatic carbocycles. The first kappa shape index (κ1) is 32.4. The van der Waals surface area contributed by atoms with E-state index in [1.165, 1.54) is 32.1 Å². The van der Waals surface area contributed by atoms with Crippen LogP contribution in [0.25, 0.3) is 0 Å². The molecular formula is C34H56N4O4. The second kappa shape index (κ2) is 13.9. The summed E-state index contributed by atoms with van der Waals surface area (Å²) >= 11 is 0. The van der Waals surface area contributed by atoms with Crippen molar-refractivity contribution in [2.24, 2.45) is 29.1 Å². The number of ether oxygens (including phenoxy) is 2. The van der Waals surface area contributed by atoms with Gasteiger partial charge in [-0.15, -0.1) is 0 Å². The number of hydrogen-bond acceptors (Lipinski definition) is 7. The first-order valence-corrected chi connectivity index (χ1v) is 16.5. The van der Waals surface area contributed by atoms with Crippen LogP contribution < -0.4 is 10.2 Å². The predicted molar refractivity (Wildman–Crippen MR) is 169 cm³/mol. The molecule has 8 heteroatoms. The molecule has 8 nitrogen and oxygen atoms in total. The van der Waals surface area contributed by atoms with Crippen molar-refractivity contribution in [1.82, 2.24) is 9.88 Å². The summed E-state index contributed by atoms with van der Waals surface area (Å²) < 4.78 is 11.1. The lowest BCUT2D eigenvalue weighted by Crippen LogP contribution is -2.49. The number of hydrogen-bond donors (Lipinski definition) is 1. The van der Waals surface area contributed by atoms with Gasteiger partial charge < -0.3 is 24.6 Å². The highest BCUT2D eigenvalue weighted by Crippen LogP contribution is 2.41. The maximum absolute atomic E-state index is 13.1. The molecule has 3 aliphatic rings. The average molecular weight is 585 g/mol. The van der Waals surface area contributed by atoms with E-state index in [1.807, 2.05) is 27.7 Å². The zero-order chi connectivity index (χ0) is 30.5. The summed E-state index contributed by atoms with van der Waals surface area (Å²) in [7, 11) is 0. The van der Waals surface area contributed by atoms with Crippen molar-refractivity contribution in [3.8, 4) is 0 Å². The minimum absolute atomic E-state index is 0.165. The van der Waals surface area contributed by atoms with E-state index in [0.29, 0.717) is 45.5 Å². The molecule has 3 heterocycles. The van der Waals surface area contributed by atoms with E-state index in [4.69, 9.17) is 14.5 Å². The Bertz CT molecular complexity index is 1060. The van der Waals surface area contributed by atoms with Crippen LogP contribution in [0.15, 0.2) is 12.1 Å². The molecule has 42 heavy (non-hydrogen) atoms. The standard InChI is InChI=1S/C34H56N4O4/c1-8-41-31(39)34(17-21-37(22-18-34)32(40)42-33(5,6)7)16-19-35-29-13-14-30(36-26(29)4)38-20-15-27(23-38)25(3)28-12-10-9-11-24(28)2/h13-14,24-25,27-28,35H,8-12,15-23H2,1-7H3. The first-order chi connectivity index (χ1) is 19.9. The normalized spacial score (nSPS) is 25.2. The van der Waals surface area contributed by atoms with Gasteiger partial charge in [0.2, 0.25) is 0 Å². The van der Waals surface area contributed by atoms with Gasteiger partial charge in [0, 0.05) is 32.7 Å². The van der Waals surface area contributed by atoms with Gasteiger partial charge in [0.15, 0.2) is 0 Å². The van der Waals surface area contributed by atoms with E-state index >= 15 is 0 Å². The Morgan fingerprint density at radius 3 is 2.48 bits per heavy atom. The molecule has 1 aromatic heterocycles. The van der Waals surface area contributed by atoms with Gasteiger partial charge in [-0.3, -0.25) is 4.79 Å². The van der Waals surface area contributed by atoms with Crippen LogP contribution in [0.3, 0.4) is 0 Å². The molecule has 0 aromatic carbocycles. The van der Waals surface area contributed by atoms with E-state index in [1.54, 1.807) is 4.90 Å². The summed E-state index contributed by atoms with van der Waals surface area (Å²) in [5.41, 5.74) is 0.833. The maximum atomic E-state index is 13.1. The van der Waals surface area contributed by atoms with Gasteiger partial charge in [-0.05, 0) is 103 Å². The summed E-state index contributed by atoms with van der Waals surface area (Å²) in [6.07, 6.45) is 8.31. The molecule has 1 amide bonds. The topological polar surface area (TPSA) is 84.0 Å². The summed E-state index contributed by atoms with van der Waals surface area (Å²) in [4.78, 5) is 34.9. The Labute approximate surface area is 254 Å². The molecular weight excluding hydrogens is 528 g/mol. The fourth-order valence-corrected chi connectivity index (χ4v) is 7.53. The first-order valence-electron chi connectivity index (χ1n) is 16.5. The number of aryl methyl sites for hydroxylation is 1. The molecule has 1 aromatic rings. The molecule has 4 rings (SSSR count). The fourth-order valence-electron chi connectivity index (χ4n) is 7.53. The third-order valence-corrected chi connectivity index (χ3v) is 10.2. The van der Waals surface area contributed by atoms with Gasteiger partial charge in [-0.25, -0.2) is 9.78 Å². The molecule has 0 bridgehead atoms. The van der Waals surface area contributed by atoms with E-state index in [-0.39, 0.29) is 12.1 Å². The Kier molecular flexibility index (Phi) is 10.7. The Morgan fingerprint density at radius 1 is 1.12 bits per heavy atom. The number of carbonyl (C=O) groups excluding carboxylic acids is 2. The van der Waals surface area contributed by atoms with E-state index < -0.39 is 11.0 Å². The van der Waals surface area contributed by atoms with Crippen LogP contribution in [0.1, 0.15) is 98.6 Å². The molecule has 3 fully saturated rings. The third kappa shape index (κ3) is 7.90. The van der Waals surface area contributed by atoms with Crippen molar-refractivity contribution in [3.05, 3.63) is 17.8 Å². The minimum atomic E-state index is -0.611. The molecule has 0 spiro atoms. The molecule has 4 unspecified atom stereocenters. The van der Waals surface area contributed by atoms with Crippen molar-refractivity contribution < 1.29 is 19.1 Å². The van der Waals surface area contributed by atoms with Crippen LogP contribution in [0.4, 0.5) is 16.3 Å². The fraction of sp³-hybridized carbons (Fsp3) is 0.794. The number of amides is 1. The second-order valence-corrected chi connectivity index (χ2v) is 14.2. The van der Waals surface area contributed by atoms with Crippen molar-refractivity contribution in [2.45, 2.75) is 105 Å². The highest BCUT2D eigenvalue weighted by Gasteiger charge is 2.44. The SMILES string of the molecule is CCOC(=O)C1(CCNc2ccc(N3CCC(C(C)C4CCCCC4C)C3)nc2C)CCN(C(=O)OC(C)(C)C)CC1. The van der Waals surface area contributed by atoms with Crippen molar-refractivity contribution >= 4 is 23.6 Å². The third-order valence-electron chi connectivity index (χ3n) is 10.2. The van der Waals surface area contributed by atoms with Gasteiger partial charge in [0.05, 0.1) is 23.4 Å². The number of carbonyl (C=O) groups is 2. The monoisotopic (exact) mass is 584 g/mol. The molecule has 2 saturated heterocycles. The molecule has 0 radical (unpaired) electrons. The lowest BCUT2D eigenvalue weighted by molar-refractivity contribution is -0.159. The van der Waals surface area contributed by atoms with Crippen molar-refractivity contribution in [1.29, 1.82) is 0 Å². The van der Waals surface area contributed by atoms with Crippen molar-refractivity contribution in [3.63, 3.8) is 0 Å².